The fourth-order valence-electron chi connectivity index (χ4n) is 0.625. The maximum atomic E-state index is 11.6. The second-order valence-corrected chi connectivity index (χ2v) is 2.00. The fraction of sp³-hybridized carbons (Fsp3) is 0.167. The van der Waals surface area contributed by atoms with Gasteiger partial charge in [0.15, 0.2) is 0 Å². The van der Waals surface area contributed by atoms with Crippen molar-refractivity contribution < 1.29 is 17.9 Å². The summed E-state index contributed by atoms with van der Waals surface area (Å²) in [6, 6.07) is 1.04. The number of nitrogens with two attached hydrogens (primary N) is 1. The zero-order valence-corrected chi connectivity index (χ0v) is 8.25. The summed E-state index contributed by atoms with van der Waals surface area (Å²) in [7, 11) is 0. The summed E-state index contributed by atoms with van der Waals surface area (Å²) in [5.41, 5.74) is 5.29. The van der Waals surface area contributed by atoms with Crippen LogP contribution in [0.15, 0.2) is 18.5 Å². The van der Waals surface area contributed by atoms with E-state index in [2.05, 4.69) is 9.72 Å². The minimum absolute atomic E-state index is 0. The zero-order chi connectivity index (χ0) is 9.19. The minimum Gasteiger partial charge on any atom is -0.404 e. The lowest BCUT2D eigenvalue weighted by molar-refractivity contribution is -0.274. The van der Waals surface area contributed by atoms with E-state index in [0.29, 0.717) is 0 Å². The quantitative estimate of drug-likeness (QED) is 0.833. The maximum absolute atomic E-state index is 11.6. The predicted molar refractivity (Wildman–Crippen MR) is 49.8 cm³/mol. The molecular formula is C6H7Cl2F3N2O. The molecule has 1 aromatic heterocycles. The molecule has 0 radical (unpaired) electrons. The molecule has 0 saturated carbocycles. The average Bonchev–Trinajstić information content (AvgIpc) is 1.82. The number of anilines is 1. The summed E-state index contributed by atoms with van der Waals surface area (Å²) in [4.78, 5) is 3.42. The molecule has 82 valence electrons. The highest BCUT2D eigenvalue weighted by Crippen LogP contribution is 2.22. The molecule has 14 heavy (non-hydrogen) atoms. The maximum Gasteiger partial charge on any atom is 0.573 e. The number of alkyl halides is 3. The lowest BCUT2D eigenvalue weighted by Gasteiger charge is -2.07. The van der Waals surface area contributed by atoms with Crippen LogP contribution in [0.5, 0.6) is 5.75 Å². The second-order valence-electron chi connectivity index (χ2n) is 2.00. The zero-order valence-electron chi connectivity index (χ0n) is 6.62. The lowest BCUT2D eigenvalue weighted by Crippen LogP contribution is -2.17. The molecule has 1 aromatic rings. The standard InChI is InChI=1S/C6H5F3N2O.2ClH/c7-6(8,9)12-5-1-4(10)2-11-3-5;;/h1-3H,10H2;2*1H. The van der Waals surface area contributed by atoms with Gasteiger partial charge in [-0.3, -0.25) is 4.98 Å². The van der Waals surface area contributed by atoms with Gasteiger partial charge >= 0.3 is 6.36 Å². The van der Waals surface area contributed by atoms with Gasteiger partial charge in [0.05, 0.1) is 18.1 Å². The highest BCUT2D eigenvalue weighted by atomic mass is 35.5. The summed E-state index contributed by atoms with van der Waals surface area (Å²) in [6.45, 7) is 0. The van der Waals surface area contributed by atoms with E-state index in [4.69, 9.17) is 5.73 Å². The first-order valence-corrected chi connectivity index (χ1v) is 2.93. The van der Waals surface area contributed by atoms with Crippen molar-refractivity contribution in [3.63, 3.8) is 0 Å². The van der Waals surface area contributed by atoms with Crippen molar-refractivity contribution in [3.05, 3.63) is 18.5 Å². The lowest BCUT2D eigenvalue weighted by atomic mass is 10.4. The Balaban J connectivity index is 0. The molecule has 0 unspecified atom stereocenters. The summed E-state index contributed by atoms with van der Waals surface area (Å²) in [5, 5.41) is 0. The SMILES string of the molecule is Cl.Cl.Nc1cncc(OC(F)(F)F)c1. The van der Waals surface area contributed by atoms with Crippen LogP contribution in [-0.2, 0) is 0 Å². The van der Waals surface area contributed by atoms with Gasteiger partial charge in [-0.2, -0.15) is 0 Å². The van der Waals surface area contributed by atoms with E-state index in [1.165, 1.54) is 6.20 Å². The first-order chi connectivity index (χ1) is 5.47. The molecule has 0 aliphatic carbocycles. The monoisotopic (exact) mass is 250 g/mol. The number of halogens is 5. The van der Waals surface area contributed by atoms with Gasteiger partial charge in [0.1, 0.15) is 5.75 Å². The van der Waals surface area contributed by atoms with Gasteiger partial charge in [0.25, 0.3) is 0 Å². The van der Waals surface area contributed by atoms with Gasteiger partial charge in [-0.05, 0) is 0 Å². The number of ether oxygens (including phenoxy) is 1. The van der Waals surface area contributed by atoms with Crippen LogP contribution in [0.25, 0.3) is 0 Å². The topological polar surface area (TPSA) is 48.1 Å². The van der Waals surface area contributed by atoms with Crippen LogP contribution in [-0.4, -0.2) is 11.3 Å². The Labute approximate surface area is 90.3 Å². The second kappa shape index (κ2) is 5.77. The third-order valence-electron chi connectivity index (χ3n) is 0.968. The normalized spacial score (nSPS) is 9.64. The molecule has 0 spiro atoms. The van der Waals surface area contributed by atoms with Crippen LogP contribution in [0.2, 0.25) is 0 Å². The molecule has 0 aliphatic heterocycles. The number of pyridine rings is 1. The summed E-state index contributed by atoms with van der Waals surface area (Å²) >= 11 is 0. The Hall–Kier alpha value is -0.880. The molecule has 8 heteroatoms. The molecule has 3 nitrogen and oxygen atoms in total. The fourth-order valence-corrected chi connectivity index (χ4v) is 0.625. The van der Waals surface area contributed by atoms with Crippen LogP contribution in [0, 0.1) is 0 Å². The van der Waals surface area contributed by atoms with Gasteiger partial charge in [-0.15, -0.1) is 38.0 Å². The number of nitrogens with zero attached hydrogens (tertiary/aromatic N) is 1. The van der Waals surface area contributed by atoms with Gasteiger partial charge in [0.2, 0.25) is 0 Å². The number of rotatable bonds is 1. The predicted octanol–water partition coefficient (Wildman–Crippen LogP) is 2.41. The van der Waals surface area contributed by atoms with E-state index in [-0.39, 0.29) is 30.5 Å². The average molecular weight is 251 g/mol. The first kappa shape index (κ1) is 15.6. The van der Waals surface area contributed by atoms with E-state index in [1.54, 1.807) is 0 Å². The van der Waals surface area contributed by atoms with E-state index in [0.717, 1.165) is 12.3 Å². The molecule has 0 bridgehead atoms. The van der Waals surface area contributed by atoms with Gasteiger partial charge in [0, 0.05) is 6.07 Å². The molecule has 0 atom stereocenters. The van der Waals surface area contributed by atoms with E-state index in [9.17, 15) is 13.2 Å². The van der Waals surface area contributed by atoms with Gasteiger partial charge < -0.3 is 10.5 Å². The van der Waals surface area contributed by atoms with Crippen LogP contribution in [0.3, 0.4) is 0 Å². The minimum atomic E-state index is -4.70. The third kappa shape index (κ3) is 5.71. The highest BCUT2D eigenvalue weighted by molar-refractivity contribution is 5.85. The molecule has 0 aromatic carbocycles. The highest BCUT2D eigenvalue weighted by Gasteiger charge is 2.31. The molecule has 1 rings (SSSR count). The summed E-state index contributed by atoms with van der Waals surface area (Å²) < 4.78 is 38.3. The molecule has 0 fully saturated rings. The Morgan fingerprint density at radius 3 is 2.21 bits per heavy atom. The molecule has 1 heterocycles. The van der Waals surface area contributed by atoms with Crippen LogP contribution in [0.4, 0.5) is 18.9 Å². The summed E-state index contributed by atoms with van der Waals surface area (Å²) in [5.74, 6) is -0.414. The Bertz CT molecular complexity index is 282. The number of nitrogen functional groups attached to an aromatic ring is 1. The third-order valence-corrected chi connectivity index (χ3v) is 0.968. The Kier molecular flexibility index (Phi) is 6.42. The van der Waals surface area contributed by atoms with E-state index < -0.39 is 12.1 Å². The molecule has 0 saturated heterocycles. The van der Waals surface area contributed by atoms with Crippen LogP contribution < -0.4 is 10.5 Å². The largest absolute Gasteiger partial charge is 0.573 e. The van der Waals surface area contributed by atoms with Crippen molar-refractivity contribution >= 4 is 30.5 Å². The molecular weight excluding hydrogens is 244 g/mol. The van der Waals surface area contributed by atoms with E-state index >= 15 is 0 Å². The first-order valence-electron chi connectivity index (χ1n) is 2.93. The van der Waals surface area contributed by atoms with Crippen LogP contribution >= 0.6 is 24.8 Å². The van der Waals surface area contributed by atoms with Crippen molar-refractivity contribution in [2.75, 3.05) is 5.73 Å². The number of aromatic nitrogens is 1. The van der Waals surface area contributed by atoms with Crippen molar-refractivity contribution in [3.8, 4) is 5.75 Å². The van der Waals surface area contributed by atoms with Crippen molar-refractivity contribution in [2.45, 2.75) is 6.36 Å². The van der Waals surface area contributed by atoms with Crippen molar-refractivity contribution in [1.82, 2.24) is 4.98 Å². The number of hydrogen-bond donors (Lipinski definition) is 1. The smallest absolute Gasteiger partial charge is 0.404 e. The van der Waals surface area contributed by atoms with Crippen LogP contribution in [0.1, 0.15) is 0 Å². The van der Waals surface area contributed by atoms with E-state index in [1.807, 2.05) is 0 Å². The van der Waals surface area contributed by atoms with Crippen molar-refractivity contribution in [2.24, 2.45) is 0 Å². The van der Waals surface area contributed by atoms with Gasteiger partial charge in [-0.25, -0.2) is 0 Å². The summed E-state index contributed by atoms with van der Waals surface area (Å²) in [6.07, 6.45) is -2.54. The molecule has 0 amide bonds. The van der Waals surface area contributed by atoms with Gasteiger partial charge in [-0.1, -0.05) is 0 Å². The Morgan fingerprint density at radius 2 is 1.79 bits per heavy atom. The van der Waals surface area contributed by atoms with Crippen molar-refractivity contribution in [1.29, 1.82) is 0 Å². The Morgan fingerprint density at radius 1 is 1.21 bits per heavy atom. The number of hydrogen-bond acceptors (Lipinski definition) is 3. The molecule has 0 aliphatic rings. The molecule has 2 N–H and O–H groups in total.